The fourth-order valence-corrected chi connectivity index (χ4v) is 4.76. The fourth-order valence-electron chi connectivity index (χ4n) is 3.63. The number of aromatic nitrogens is 1. The van der Waals surface area contributed by atoms with Crippen molar-refractivity contribution in [2.24, 2.45) is 0 Å². The van der Waals surface area contributed by atoms with Crippen molar-refractivity contribution in [2.45, 2.75) is 17.1 Å². The van der Waals surface area contributed by atoms with E-state index in [-0.39, 0.29) is 11.6 Å². The predicted octanol–water partition coefficient (Wildman–Crippen LogP) is 6.27. The van der Waals surface area contributed by atoms with Gasteiger partial charge in [0.15, 0.2) is 0 Å². The number of thioether (sulfide) groups is 1. The zero-order valence-electron chi connectivity index (χ0n) is 22.3. The Morgan fingerprint density at radius 2 is 1.66 bits per heavy atom. The lowest BCUT2D eigenvalue weighted by atomic mass is 10.2. The highest BCUT2D eigenvalue weighted by atomic mass is 35.5. The Bertz CT molecular complexity index is 1550. The fraction of sp³-hybridized carbons (Fsp3) is 0.0968. The molecule has 1 heterocycles. The lowest BCUT2D eigenvalue weighted by Crippen LogP contribution is -2.30. The Morgan fingerprint density at radius 3 is 2.32 bits per heavy atom. The number of hydrogen-bond donors (Lipinski definition) is 3. The normalized spacial score (nSPS) is 11.7. The van der Waals surface area contributed by atoms with Gasteiger partial charge in [0.1, 0.15) is 11.4 Å². The van der Waals surface area contributed by atoms with Gasteiger partial charge in [0.2, 0.25) is 5.91 Å². The summed E-state index contributed by atoms with van der Waals surface area (Å²) in [6.07, 6.45) is 4.77. The molecule has 3 aromatic carbocycles. The molecule has 10 heteroatoms. The summed E-state index contributed by atoms with van der Waals surface area (Å²) in [6, 6.07) is 24.3. The summed E-state index contributed by atoms with van der Waals surface area (Å²) in [5, 5.41) is 8.37. The standard InChI is InChI=1S/C31H27ClN4O4S/c1-20(29(37)35-24-12-15-28(40-2)26(32)18-24)41-25-13-10-23(11-14-25)34-31(39)27(17-21-7-6-16-33-19-21)36-30(38)22-8-4-3-5-9-22/h3-20H,1-2H3,(H,34,39)(H,35,37)(H,36,38)/b27-17-. The van der Waals surface area contributed by atoms with E-state index in [1.54, 1.807) is 104 Å². The number of anilines is 2. The third kappa shape index (κ3) is 8.44. The maximum absolute atomic E-state index is 13.2. The van der Waals surface area contributed by atoms with Crippen molar-refractivity contribution >= 4 is 58.5 Å². The maximum Gasteiger partial charge on any atom is 0.272 e. The smallest absolute Gasteiger partial charge is 0.272 e. The third-order valence-corrected chi connectivity index (χ3v) is 7.15. The summed E-state index contributed by atoms with van der Waals surface area (Å²) in [5.41, 5.74) is 2.24. The van der Waals surface area contributed by atoms with Crippen molar-refractivity contribution in [3.63, 3.8) is 0 Å². The summed E-state index contributed by atoms with van der Waals surface area (Å²) in [6.45, 7) is 1.80. The quantitative estimate of drug-likeness (QED) is 0.149. The van der Waals surface area contributed by atoms with E-state index in [4.69, 9.17) is 16.3 Å². The number of carbonyl (C=O) groups is 3. The van der Waals surface area contributed by atoms with Crippen LogP contribution in [-0.4, -0.2) is 35.1 Å². The van der Waals surface area contributed by atoms with Crippen molar-refractivity contribution in [1.82, 2.24) is 10.3 Å². The van der Waals surface area contributed by atoms with E-state index in [2.05, 4.69) is 20.9 Å². The number of pyridine rings is 1. The zero-order valence-corrected chi connectivity index (χ0v) is 23.8. The summed E-state index contributed by atoms with van der Waals surface area (Å²) in [7, 11) is 1.52. The first-order chi connectivity index (χ1) is 19.8. The highest BCUT2D eigenvalue weighted by molar-refractivity contribution is 8.00. The monoisotopic (exact) mass is 586 g/mol. The van der Waals surface area contributed by atoms with Crippen LogP contribution in [0.2, 0.25) is 5.02 Å². The first-order valence-electron chi connectivity index (χ1n) is 12.5. The van der Waals surface area contributed by atoms with Gasteiger partial charge in [0, 0.05) is 34.2 Å². The molecule has 0 aliphatic heterocycles. The molecule has 0 aliphatic rings. The molecule has 3 N–H and O–H groups in total. The van der Waals surface area contributed by atoms with Crippen molar-refractivity contribution in [1.29, 1.82) is 0 Å². The van der Waals surface area contributed by atoms with E-state index in [9.17, 15) is 14.4 Å². The van der Waals surface area contributed by atoms with Gasteiger partial charge in [0.05, 0.1) is 17.4 Å². The average molecular weight is 587 g/mol. The Hall–Kier alpha value is -4.60. The molecule has 0 fully saturated rings. The number of amides is 3. The SMILES string of the molecule is COc1ccc(NC(=O)C(C)Sc2ccc(NC(=O)/C(=C/c3cccnc3)NC(=O)c3ccccc3)cc2)cc1Cl. The molecule has 0 bridgehead atoms. The molecule has 41 heavy (non-hydrogen) atoms. The van der Waals surface area contributed by atoms with Crippen molar-refractivity contribution < 1.29 is 19.1 Å². The predicted molar refractivity (Wildman–Crippen MR) is 163 cm³/mol. The minimum absolute atomic E-state index is 0.0641. The van der Waals surface area contributed by atoms with Crippen LogP contribution in [0.25, 0.3) is 6.08 Å². The number of benzene rings is 3. The maximum atomic E-state index is 13.2. The molecule has 8 nitrogen and oxygen atoms in total. The second-order valence-electron chi connectivity index (χ2n) is 8.74. The van der Waals surface area contributed by atoms with Crippen molar-refractivity contribution in [3.05, 3.63) is 119 Å². The van der Waals surface area contributed by atoms with Gasteiger partial charge in [0.25, 0.3) is 11.8 Å². The van der Waals surface area contributed by atoms with Gasteiger partial charge in [-0.1, -0.05) is 35.9 Å². The number of carbonyl (C=O) groups excluding carboxylic acids is 3. The van der Waals surface area contributed by atoms with Crippen LogP contribution in [0.4, 0.5) is 11.4 Å². The van der Waals surface area contributed by atoms with Gasteiger partial charge in [-0.15, -0.1) is 11.8 Å². The number of methoxy groups -OCH3 is 1. The topological polar surface area (TPSA) is 109 Å². The molecule has 0 spiro atoms. The molecule has 3 amide bonds. The van der Waals surface area contributed by atoms with E-state index in [0.717, 1.165) is 4.90 Å². The number of halogens is 1. The van der Waals surface area contributed by atoms with Crippen molar-refractivity contribution in [3.8, 4) is 5.75 Å². The van der Waals surface area contributed by atoms with Gasteiger partial charge >= 0.3 is 0 Å². The Morgan fingerprint density at radius 1 is 0.927 bits per heavy atom. The van der Waals surface area contributed by atoms with Gasteiger partial charge in [-0.05, 0) is 79.2 Å². The first kappa shape index (κ1) is 29.4. The highest BCUT2D eigenvalue weighted by Gasteiger charge is 2.17. The Labute approximate surface area is 247 Å². The van der Waals surface area contributed by atoms with E-state index < -0.39 is 17.1 Å². The van der Waals surface area contributed by atoms with Crippen LogP contribution in [0.15, 0.2) is 108 Å². The molecular formula is C31H27ClN4O4S. The van der Waals surface area contributed by atoms with Crippen LogP contribution < -0.4 is 20.7 Å². The molecule has 0 aliphatic carbocycles. The second-order valence-corrected chi connectivity index (χ2v) is 10.6. The van der Waals surface area contributed by atoms with E-state index in [1.807, 2.05) is 6.07 Å². The van der Waals surface area contributed by atoms with Crippen LogP contribution in [-0.2, 0) is 9.59 Å². The van der Waals surface area contributed by atoms with E-state index in [1.165, 1.54) is 18.9 Å². The number of nitrogens with zero attached hydrogens (tertiary/aromatic N) is 1. The molecule has 1 unspecified atom stereocenters. The lowest BCUT2D eigenvalue weighted by molar-refractivity contribution is -0.115. The third-order valence-electron chi connectivity index (χ3n) is 5.74. The average Bonchev–Trinajstić information content (AvgIpc) is 2.98. The van der Waals surface area contributed by atoms with Crippen LogP contribution in [0.1, 0.15) is 22.8 Å². The number of rotatable bonds is 10. The van der Waals surface area contributed by atoms with Gasteiger partial charge in [-0.2, -0.15) is 0 Å². The van der Waals surface area contributed by atoms with E-state index >= 15 is 0 Å². The van der Waals surface area contributed by atoms with Crippen LogP contribution in [0, 0.1) is 0 Å². The molecule has 4 aromatic rings. The van der Waals surface area contributed by atoms with Gasteiger partial charge in [-0.3, -0.25) is 19.4 Å². The van der Waals surface area contributed by atoms with Crippen LogP contribution in [0.5, 0.6) is 5.75 Å². The molecule has 1 atom stereocenters. The minimum atomic E-state index is -0.496. The first-order valence-corrected chi connectivity index (χ1v) is 13.8. The lowest BCUT2D eigenvalue weighted by Gasteiger charge is -2.14. The minimum Gasteiger partial charge on any atom is -0.495 e. The van der Waals surface area contributed by atoms with Crippen molar-refractivity contribution in [2.75, 3.05) is 17.7 Å². The molecule has 0 saturated carbocycles. The largest absolute Gasteiger partial charge is 0.495 e. The Kier molecular flexibility index (Phi) is 10.1. The molecular weight excluding hydrogens is 560 g/mol. The zero-order chi connectivity index (χ0) is 29.2. The number of hydrogen-bond acceptors (Lipinski definition) is 6. The summed E-state index contributed by atoms with van der Waals surface area (Å²) >= 11 is 7.51. The molecule has 4 rings (SSSR count). The number of nitrogens with one attached hydrogen (secondary N) is 3. The molecule has 0 radical (unpaired) electrons. The molecule has 1 aromatic heterocycles. The molecule has 0 saturated heterocycles. The van der Waals surface area contributed by atoms with Crippen LogP contribution in [0.3, 0.4) is 0 Å². The Balaban J connectivity index is 1.40. The van der Waals surface area contributed by atoms with Gasteiger partial charge in [-0.25, -0.2) is 0 Å². The summed E-state index contributed by atoms with van der Waals surface area (Å²) in [5.74, 6) is -0.568. The highest BCUT2D eigenvalue weighted by Crippen LogP contribution is 2.29. The molecule has 208 valence electrons. The second kappa shape index (κ2) is 14.2. The summed E-state index contributed by atoms with van der Waals surface area (Å²) < 4.78 is 5.14. The van der Waals surface area contributed by atoms with Gasteiger partial charge < -0.3 is 20.7 Å². The van der Waals surface area contributed by atoms with Crippen LogP contribution >= 0.6 is 23.4 Å². The summed E-state index contributed by atoms with van der Waals surface area (Å²) in [4.78, 5) is 43.6. The van der Waals surface area contributed by atoms with E-state index in [0.29, 0.717) is 33.3 Å². The number of ether oxygens (including phenoxy) is 1.